The number of halogens is 3. The van der Waals surface area contributed by atoms with Gasteiger partial charge < -0.3 is 15.7 Å². The second-order valence-electron chi connectivity index (χ2n) is 8.79. The zero-order valence-corrected chi connectivity index (χ0v) is 19.9. The first-order chi connectivity index (χ1) is 17.1. The molecule has 2 amide bonds. The summed E-state index contributed by atoms with van der Waals surface area (Å²) in [5.74, 6) is -0.807. The molecule has 7 nitrogen and oxygen atoms in total. The van der Waals surface area contributed by atoms with Crippen LogP contribution in [0.5, 0.6) is 0 Å². The Morgan fingerprint density at radius 3 is 2.58 bits per heavy atom. The second kappa shape index (κ2) is 9.87. The molecular formula is C25H23F3N4O3S. The number of hydrogen-bond donors (Lipinski definition) is 3. The number of carbonyl (C=O) groups is 2. The first-order valence-electron chi connectivity index (χ1n) is 11.3. The van der Waals surface area contributed by atoms with Gasteiger partial charge in [-0.1, -0.05) is 24.3 Å². The Kier molecular flexibility index (Phi) is 7.02. The summed E-state index contributed by atoms with van der Waals surface area (Å²) in [6.45, 7) is 0.0906. The lowest BCUT2D eigenvalue weighted by Crippen LogP contribution is -2.58. The van der Waals surface area contributed by atoms with Gasteiger partial charge in [-0.2, -0.15) is 18.4 Å². The molecule has 2 aromatic rings. The Labute approximate surface area is 210 Å². The average molecular weight is 517 g/mol. The molecule has 1 spiro atoms. The molecule has 3 N–H and O–H groups in total. The van der Waals surface area contributed by atoms with Gasteiger partial charge in [-0.15, -0.1) is 0 Å². The molecule has 11 heteroatoms. The maximum Gasteiger partial charge on any atom is 0.417 e. The molecule has 1 saturated heterocycles. The monoisotopic (exact) mass is 516 g/mol. The highest BCUT2D eigenvalue weighted by Crippen LogP contribution is 2.50. The van der Waals surface area contributed by atoms with E-state index in [1.54, 1.807) is 0 Å². The van der Waals surface area contributed by atoms with Gasteiger partial charge in [-0.25, -0.2) is 0 Å². The summed E-state index contributed by atoms with van der Waals surface area (Å²) in [4.78, 5) is 26.3. The number of hydrogen-bond acceptors (Lipinski definition) is 5. The summed E-state index contributed by atoms with van der Waals surface area (Å²) in [5, 5.41) is 23.5. The van der Waals surface area contributed by atoms with Crippen molar-refractivity contribution in [2.75, 3.05) is 18.1 Å². The maximum absolute atomic E-state index is 13.5. The minimum Gasteiger partial charge on any atom is -0.395 e. The highest BCUT2D eigenvalue weighted by atomic mass is 32.1. The molecule has 1 saturated carbocycles. The van der Waals surface area contributed by atoms with Crippen LogP contribution in [0.25, 0.3) is 0 Å². The fraction of sp³-hybridized carbons (Fsp3) is 0.360. The fourth-order valence-corrected chi connectivity index (χ4v) is 5.09. The van der Waals surface area contributed by atoms with E-state index in [1.807, 2.05) is 24.3 Å². The highest BCUT2D eigenvalue weighted by Gasteiger charge is 2.60. The third kappa shape index (κ3) is 4.66. The molecule has 2 aromatic carbocycles. The molecule has 2 unspecified atom stereocenters. The number of benzene rings is 2. The van der Waals surface area contributed by atoms with E-state index in [4.69, 9.17) is 22.6 Å². The van der Waals surface area contributed by atoms with Gasteiger partial charge in [0.1, 0.15) is 5.54 Å². The van der Waals surface area contributed by atoms with Crippen LogP contribution in [0, 0.1) is 11.3 Å². The van der Waals surface area contributed by atoms with Gasteiger partial charge in [0.2, 0.25) is 5.91 Å². The number of nitrogens with one attached hydrogen (secondary N) is 2. The lowest BCUT2D eigenvalue weighted by Gasteiger charge is -2.45. The second-order valence-corrected chi connectivity index (χ2v) is 9.17. The predicted molar refractivity (Wildman–Crippen MR) is 129 cm³/mol. The van der Waals surface area contributed by atoms with E-state index >= 15 is 0 Å². The first-order valence-corrected chi connectivity index (χ1v) is 11.8. The van der Waals surface area contributed by atoms with Crippen molar-refractivity contribution >= 4 is 34.8 Å². The number of amides is 2. The molecule has 188 valence electrons. The van der Waals surface area contributed by atoms with E-state index in [-0.39, 0.29) is 42.2 Å². The van der Waals surface area contributed by atoms with Gasteiger partial charge in [-0.3, -0.25) is 14.5 Å². The van der Waals surface area contributed by atoms with Crippen LogP contribution in [0.2, 0.25) is 0 Å². The molecular weight excluding hydrogens is 493 g/mol. The quantitative estimate of drug-likeness (QED) is 0.489. The van der Waals surface area contributed by atoms with Gasteiger partial charge >= 0.3 is 6.18 Å². The first kappa shape index (κ1) is 25.6. The van der Waals surface area contributed by atoms with Crippen molar-refractivity contribution in [2.45, 2.75) is 43.3 Å². The summed E-state index contributed by atoms with van der Waals surface area (Å²) in [6, 6.07) is 12.2. The summed E-state index contributed by atoms with van der Waals surface area (Å²) in [7, 11) is 0. The third-order valence-electron chi connectivity index (χ3n) is 6.68. The summed E-state index contributed by atoms with van der Waals surface area (Å²) in [6.07, 6.45) is -2.79. The molecule has 4 rings (SSSR count). The minimum absolute atomic E-state index is 0.0213. The normalized spacial score (nSPS) is 21.2. The van der Waals surface area contributed by atoms with Crippen molar-refractivity contribution in [3.63, 3.8) is 0 Å². The maximum atomic E-state index is 13.5. The highest BCUT2D eigenvalue weighted by molar-refractivity contribution is 7.80. The Hall–Kier alpha value is -3.49. The molecule has 1 heterocycles. The number of thiocarbonyl (C=S) groups is 1. The molecule has 1 aliphatic heterocycles. The molecule has 0 radical (unpaired) electrons. The molecule has 2 atom stereocenters. The van der Waals surface area contributed by atoms with Crippen LogP contribution in [-0.2, 0) is 22.2 Å². The van der Waals surface area contributed by atoms with Crippen LogP contribution in [0.15, 0.2) is 42.5 Å². The van der Waals surface area contributed by atoms with E-state index in [9.17, 15) is 22.8 Å². The number of alkyl halides is 3. The zero-order chi connectivity index (χ0) is 26.1. The van der Waals surface area contributed by atoms with Crippen molar-refractivity contribution in [3.05, 3.63) is 64.7 Å². The Morgan fingerprint density at radius 2 is 2.00 bits per heavy atom. The predicted octanol–water partition coefficient (Wildman–Crippen LogP) is 3.16. The Balaban J connectivity index is 1.52. The van der Waals surface area contributed by atoms with E-state index in [2.05, 4.69) is 10.6 Å². The number of nitrogens with zero attached hydrogens (tertiary/aromatic N) is 2. The van der Waals surface area contributed by atoms with Gasteiger partial charge in [0, 0.05) is 18.9 Å². The Morgan fingerprint density at radius 1 is 1.28 bits per heavy atom. The average Bonchev–Trinajstić information content (AvgIpc) is 3.12. The van der Waals surface area contributed by atoms with Crippen molar-refractivity contribution in [1.82, 2.24) is 10.6 Å². The van der Waals surface area contributed by atoms with E-state index in [0.29, 0.717) is 19.3 Å². The van der Waals surface area contributed by atoms with Gasteiger partial charge in [0.25, 0.3) is 5.91 Å². The number of aryl methyl sites for hydroxylation is 1. The topological polar surface area (TPSA) is 105 Å². The fourth-order valence-electron chi connectivity index (χ4n) is 4.72. The van der Waals surface area contributed by atoms with Gasteiger partial charge in [0.15, 0.2) is 5.11 Å². The van der Waals surface area contributed by atoms with Gasteiger partial charge in [-0.05, 0) is 60.8 Å². The van der Waals surface area contributed by atoms with Crippen LogP contribution < -0.4 is 15.5 Å². The SMILES string of the molecule is N#Cc1ccc(N2C(=O)C3(CCC3c3ccc(CCC(=O)NCCO)cc3)NC2=S)cc1C(F)(F)F. The van der Waals surface area contributed by atoms with Crippen LogP contribution >= 0.6 is 12.2 Å². The Bertz CT molecular complexity index is 1240. The number of rotatable bonds is 7. The number of aliphatic hydroxyl groups is 1. The molecule has 0 aromatic heterocycles. The summed E-state index contributed by atoms with van der Waals surface area (Å²) >= 11 is 5.35. The summed E-state index contributed by atoms with van der Waals surface area (Å²) in [5.41, 5.74) is -0.915. The minimum atomic E-state index is -4.75. The van der Waals surface area contributed by atoms with Crippen LogP contribution in [-0.4, -0.2) is 40.7 Å². The summed E-state index contributed by atoms with van der Waals surface area (Å²) < 4.78 is 40.4. The lowest BCUT2D eigenvalue weighted by atomic mass is 9.63. The molecule has 0 bridgehead atoms. The number of carbonyl (C=O) groups excluding carboxylic acids is 2. The molecule has 2 fully saturated rings. The molecule has 36 heavy (non-hydrogen) atoms. The molecule has 2 aliphatic rings. The van der Waals surface area contributed by atoms with Crippen LogP contribution in [0.3, 0.4) is 0 Å². The van der Waals surface area contributed by atoms with E-state index in [1.165, 1.54) is 12.1 Å². The van der Waals surface area contributed by atoms with Crippen molar-refractivity contribution in [1.29, 1.82) is 5.26 Å². The zero-order valence-electron chi connectivity index (χ0n) is 19.1. The molecule has 1 aliphatic carbocycles. The van der Waals surface area contributed by atoms with Crippen molar-refractivity contribution in [2.24, 2.45) is 0 Å². The lowest BCUT2D eigenvalue weighted by molar-refractivity contribution is -0.137. The smallest absolute Gasteiger partial charge is 0.395 e. The number of nitriles is 1. The van der Waals surface area contributed by atoms with E-state index in [0.717, 1.165) is 28.2 Å². The van der Waals surface area contributed by atoms with E-state index < -0.39 is 28.7 Å². The van der Waals surface area contributed by atoms with Crippen LogP contribution in [0.4, 0.5) is 18.9 Å². The van der Waals surface area contributed by atoms with Gasteiger partial charge in [0.05, 0.1) is 29.5 Å². The number of anilines is 1. The number of aliphatic hydroxyl groups excluding tert-OH is 1. The van der Waals surface area contributed by atoms with Crippen LogP contribution in [0.1, 0.15) is 47.4 Å². The standard InChI is InChI=1S/C25H23F3N4O3S/c26-25(27,28)20-13-18(7-6-17(20)14-29)32-22(35)24(31-23(32)36)10-9-19(24)16-4-1-15(2-5-16)3-8-21(34)30-11-12-33/h1-2,4-7,13,19,33H,3,8-12H2,(H,30,34)(H,31,36). The third-order valence-corrected chi connectivity index (χ3v) is 6.97. The van der Waals surface area contributed by atoms with Crippen molar-refractivity contribution in [3.8, 4) is 6.07 Å². The van der Waals surface area contributed by atoms with Crippen molar-refractivity contribution < 1.29 is 27.9 Å². The largest absolute Gasteiger partial charge is 0.417 e.